The fourth-order valence-corrected chi connectivity index (χ4v) is 3.18. The van der Waals surface area contributed by atoms with Gasteiger partial charge in [0.2, 0.25) is 0 Å². The maximum Gasteiger partial charge on any atom is 0.332 e. The van der Waals surface area contributed by atoms with Crippen LogP contribution in [-0.4, -0.2) is 29.4 Å². The van der Waals surface area contributed by atoms with Gasteiger partial charge in [-0.2, -0.15) is 0 Å². The van der Waals surface area contributed by atoms with Crippen LogP contribution >= 0.6 is 0 Å². The molecule has 4 heteroatoms. The van der Waals surface area contributed by atoms with Gasteiger partial charge in [0.1, 0.15) is 6.04 Å². The number of piperidine rings is 1. The van der Waals surface area contributed by atoms with Crippen molar-refractivity contribution in [3.8, 4) is 0 Å². The van der Waals surface area contributed by atoms with E-state index in [-0.39, 0.29) is 18.0 Å². The first-order valence-corrected chi connectivity index (χ1v) is 7.33. The minimum absolute atomic E-state index is 0.0583. The van der Waals surface area contributed by atoms with Gasteiger partial charge in [0, 0.05) is 6.54 Å². The van der Waals surface area contributed by atoms with Gasteiger partial charge in [0.25, 0.3) is 5.91 Å². The van der Waals surface area contributed by atoms with E-state index < -0.39 is 0 Å². The number of nitrogens with zero attached hydrogens (tertiary/aromatic N) is 2. The summed E-state index contributed by atoms with van der Waals surface area (Å²) < 4.78 is 0. The van der Waals surface area contributed by atoms with Crippen LogP contribution in [0.3, 0.4) is 0 Å². The van der Waals surface area contributed by atoms with Gasteiger partial charge in [-0.05, 0) is 37.8 Å². The van der Waals surface area contributed by atoms with Crippen LogP contribution in [0, 0.1) is 12.8 Å². The zero-order valence-corrected chi connectivity index (χ0v) is 12.0. The van der Waals surface area contributed by atoms with Crippen molar-refractivity contribution in [2.75, 3.05) is 11.4 Å². The van der Waals surface area contributed by atoms with E-state index in [0.29, 0.717) is 18.2 Å². The van der Waals surface area contributed by atoms with Gasteiger partial charge in [-0.1, -0.05) is 31.0 Å². The molecule has 0 aromatic heterocycles. The second kappa shape index (κ2) is 4.93. The molecule has 2 atom stereocenters. The van der Waals surface area contributed by atoms with E-state index in [1.807, 2.05) is 31.2 Å². The molecule has 4 nitrogen and oxygen atoms in total. The predicted octanol–water partition coefficient (Wildman–Crippen LogP) is 2.95. The van der Waals surface area contributed by atoms with Crippen LogP contribution in [-0.2, 0) is 4.79 Å². The normalized spacial score (nSPS) is 26.1. The molecular weight excluding hydrogens is 252 g/mol. The summed E-state index contributed by atoms with van der Waals surface area (Å²) in [5.74, 6) is 0.503. The van der Waals surface area contributed by atoms with E-state index in [2.05, 4.69) is 6.92 Å². The Morgan fingerprint density at radius 3 is 2.55 bits per heavy atom. The van der Waals surface area contributed by atoms with Gasteiger partial charge in [-0.25, -0.2) is 9.69 Å². The number of rotatable bonds is 2. The minimum Gasteiger partial charge on any atom is -0.312 e. The Kier molecular flexibility index (Phi) is 3.24. The molecule has 2 aliphatic rings. The maximum atomic E-state index is 12.6. The molecule has 2 heterocycles. The second-order valence-electron chi connectivity index (χ2n) is 5.80. The van der Waals surface area contributed by atoms with Gasteiger partial charge in [-0.3, -0.25) is 4.79 Å². The van der Waals surface area contributed by atoms with Crippen LogP contribution < -0.4 is 4.90 Å². The topological polar surface area (TPSA) is 40.6 Å². The van der Waals surface area contributed by atoms with E-state index >= 15 is 0 Å². The number of hydrogen-bond donors (Lipinski definition) is 0. The lowest BCUT2D eigenvalue weighted by molar-refractivity contribution is -0.120. The largest absolute Gasteiger partial charge is 0.332 e. The summed E-state index contributed by atoms with van der Waals surface area (Å²) in [5, 5.41) is 0. The molecule has 2 unspecified atom stereocenters. The van der Waals surface area contributed by atoms with Crippen molar-refractivity contribution in [1.82, 2.24) is 4.90 Å². The summed E-state index contributed by atoms with van der Waals surface area (Å²) in [6.07, 6.45) is 2.90. The number of aryl methyl sites for hydroxylation is 1. The van der Waals surface area contributed by atoms with Crippen LogP contribution in [0.15, 0.2) is 24.3 Å². The fraction of sp³-hybridized carbons (Fsp3) is 0.500. The number of amides is 3. The summed E-state index contributed by atoms with van der Waals surface area (Å²) in [6, 6.07) is 7.16. The third-order valence-corrected chi connectivity index (χ3v) is 4.52. The molecule has 0 aliphatic carbocycles. The monoisotopic (exact) mass is 272 g/mol. The smallest absolute Gasteiger partial charge is 0.312 e. The quantitative estimate of drug-likeness (QED) is 0.777. The third-order valence-electron chi connectivity index (χ3n) is 4.52. The summed E-state index contributed by atoms with van der Waals surface area (Å²) in [7, 11) is 0. The number of carbonyl (C=O) groups excluding carboxylic acids is 2. The molecule has 0 radical (unpaired) electrons. The number of urea groups is 1. The van der Waals surface area contributed by atoms with Crippen molar-refractivity contribution in [1.29, 1.82) is 0 Å². The standard InChI is InChI=1S/C16H20N2O2/c1-3-12-8-9-17-14(10-12)15(19)18(16(17)20)13-6-4-11(2)5-7-13/h4-7,12,14H,3,8-10H2,1-2H3. The summed E-state index contributed by atoms with van der Waals surface area (Å²) in [5.41, 5.74) is 1.81. The second-order valence-corrected chi connectivity index (χ2v) is 5.80. The predicted molar refractivity (Wildman–Crippen MR) is 77.6 cm³/mol. The molecule has 2 fully saturated rings. The molecule has 0 spiro atoms. The molecular formula is C16H20N2O2. The van der Waals surface area contributed by atoms with Crippen LogP contribution in [0.4, 0.5) is 10.5 Å². The van der Waals surface area contributed by atoms with Crippen molar-refractivity contribution < 1.29 is 9.59 Å². The van der Waals surface area contributed by atoms with Gasteiger partial charge in [0.15, 0.2) is 0 Å². The molecule has 0 N–H and O–H groups in total. The molecule has 2 aliphatic heterocycles. The highest BCUT2D eigenvalue weighted by molar-refractivity contribution is 6.21. The molecule has 0 saturated carbocycles. The molecule has 3 amide bonds. The highest BCUT2D eigenvalue weighted by atomic mass is 16.2. The minimum atomic E-state index is -0.248. The SMILES string of the molecule is CCC1CCN2C(=O)N(c3ccc(C)cc3)C(=O)C2C1. The van der Waals surface area contributed by atoms with Crippen molar-refractivity contribution in [3.63, 3.8) is 0 Å². The molecule has 20 heavy (non-hydrogen) atoms. The molecule has 3 rings (SSSR count). The van der Waals surface area contributed by atoms with Crippen molar-refractivity contribution in [2.24, 2.45) is 5.92 Å². The Labute approximate surface area is 119 Å². The number of benzene rings is 1. The summed E-state index contributed by atoms with van der Waals surface area (Å²) in [4.78, 5) is 28.1. The lowest BCUT2D eigenvalue weighted by atomic mass is 9.89. The molecule has 1 aromatic carbocycles. The van der Waals surface area contributed by atoms with Gasteiger partial charge in [-0.15, -0.1) is 0 Å². The Morgan fingerprint density at radius 2 is 1.90 bits per heavy atom. The number of carbonyl (C=O) groups is 2. The molecule has 2 saturated heterocycles. The van der Waals surface area contributed by atoms with Gasteiger partial charge in [0.05, 0.1) is 5.69 Å². The Balaban J connectivity index is 1.89. The summed E-state index contributed by atoms with van der Waals surface area (Å²) in [6.45, 7) is 4.85. The number of fused-ring (bicyclic) bond motifs is 1. The highest BCUT2D eigenvalue weighted by Gasteiger charge is 2.48. The lowest BCUT2D eigenvalue weighted by Gasteiger charge is -2.31. The Hall–Kier alpha value is -1.84. The Morgan fingerprint density at radius 1 is 1.20 bits per heavy atom. The zero-order chi connectivity index (χ0) is 14.3. The van der Waals surface area contributed by atoms with E-state index in [1.54, 1.807) is 4.90 Å². The van der Waals surface area contributed by atoms with E-state index in [1.165, 1.54) is 4.90 Å². The van der Waals surface area contributed by atoms with E-state index in [0.717, 1.165) is 24.8 Å². The number of imide groups is 1. The van der Waals surface area contributed by atoms with Gasteiger partial charge >= 0.3 is 6.03 Å². The van der Waals surface area contributed by atoms with Crippen LogP contribution in [0.25, 0.3) is 0 Å². The average molecular weight is 272 g/mol. The van der Waals surface area contributed by atoms with Gasteiger partial charge < -0.3 is 4.90 Å². The van der Waals surface area contributed by atoms with E-state index in [4.69, 9.17) is 0 Å². The van der Waals surface area contributed by atoms with Crippen molar-refractivity contribution >= 4 is 17.6 Å². The molecule has 106 valence electrons. The van der Waals surface area contributed by atoms with Crippen molar-refractivity contribution in [2.45, 2.75) is 39.2 Å². The van der Waals surface area contributed by atoms with Crippen LogP contribution in [0.5, 0.6) is 0 Å². The van der Waals surface area contributed by atoms with Crippen molar-refractivity contribution in [3.05, 3.63) is 29.8 Å². The average Bonchev–Trinajstić information content (AvgIpc) is 2.72. The lowest BCUT2D eigenvalue weighted by Crippen LogP contribution is -2.42. The first-order valence-electron chi connectivity index (χ1n) is 7.33. The maximum absolute atomic E-state index is 12.6. The van der Waals surface area contributed by atoms with Crippen LogP contribution in [0.2, 0.25) is 0 Å². The van der Waals surface area contributed by atoms with Crippen LogP contribution in [0.1, 0.15) is 31.7 Å². The third kappa shape index (κ3) is 1.99. The number of hydrogen-bond acceptors (Lipinski definition) is 2. The first-order chi connectivity index (χ1) is 9.61. The first kappa shape index (κ1) is 13.2. The fourth-order valence-electron chi connectivity index (χ4n) is 3.18. The number of anilines is 1. The molecule has 1 aromatic rings. The zero-order valence-electron chi connectivity index (χ0n) is 12.0. The summed E-state index contributed by atoms with van der Waals surface area (Å²) >= 11 is 0. The molecule has 0 bridgehead atoms. The highest BCUT2D eigenvalue weighted by Crippen LogP contribution is 2.34. The Bertz CT molecular complexity index is 538. The van der Waals surface area contributed by atoms with E-state index in [9.17, 15) is 9.59 Å².